The summed E-state index contributed by atoms with van der Waals surface area (Å²) in [5.41, 5.74) is 0.904. The fraction of sp³-hybridized carbons (Fsp3) is 0.364. The number of nitrogens with zero attached hydrogens (tertiary/aromatic N) is 2. The summed E-state index contributed by atoms with van der Waals surface area (Å²) in [4.78, 5) is 11.9. The summed E-state index contributed by atoms with van der Waals surface area (Å²) in [6.07, 6.45) is 9.52. The van der Waals surface area contributed by atoms with Crippen LogP contribution >= 0.6 is 0 Å². The maximum absolute atomic E-state index is 11.9. The number of fused-ring (bicyclic) bond motifs is 1. The summed E-state index contributed by atoms with van der Waals surface area (Å²) >= 11 is 0. The molecule has 1 amide bonds. The number of rotatable bonds is 1. The second kappa shape index (κ2) is 3.33. The van der Waals surface area contributed by atoms with Crippen LogP contribution in [0.5, 0.6) is 0 Å². The first kappa shape index (κ1) is 9.06. The van der Waals surface area contributed by atoms with E-state index in [4.69, 9.17) is 0 Å². The van der Waals surface area contributed by atoms with Crippen LogP contribution in [-0.2, 0) is 4.79 Å². The molecule has 2 heterocycles. The van der Waals surface area contributed by atoms with E-state index >= 15 is 0 Å². The number of hydrogen-bond donors (Lipinski definition) is 0. The fourth-order valence-electron chi connectivity index (χ4n) is 1.66. The van der Waals surface area contributed by atoms with Gasteiger partial charge in [0.15, 0.2) is 0 Å². The predicted octanol–water partition coefficient (Wildman–Crippen LogP) is 1.67. The Morgan fingerprint density at radius 2 is 2.00 bits per heavy atom. The van der Waals surface area contributed by atoms with E-state index < -0.39 is 0 Å². The maximum Gasteiger partial charge on any atom is 0.272 e. The van der Waals surface area contributed by atoms with Crippen LogP contribution in [0.25, 0.3) is 0 Å². The van der Waals surface area contributed by atoms with Crippen molar-refractivity contribution in [3.63, 3.8) is 0 Å². The zero-order valence-corrected chi connectivity index (χ0v) is 8.47. The Morgan fingerprint density at radius 1 is 1.29 bits per heavy atom. The van der Waals surface area contributed by atoms with E-state index in [2.05, 4.69) is 0 Å². The maximum atomic E-state index is 11.9. The molecule has 0 saturated heterocycles. The highest BCUT2D eigenvalue weighted by atomic mass is 16.2. The molecular weight excluding hydrogens is 176 g/mol. The number of hydrogen-bond acceptors (Lipinski definition) is 2. The van der Waals surface area contributed by atoms with Gasteiger partial charge in [0.1, 0.15) is 0 Å². The molecule has 3 nitrogen and oxygen atoms in total. The zero-order chi connectivity index (χ0) is 10.1. The molecule has 0 aromatic carbocycles. The van der Waals surface area contributed by atoms with Crippen LogP contribution in [0.3, 0.4) is 0 Å². The van der Waals surface area contributed by atoms with Crippen LogP contribution in [-0.4, -0.2) is 22.5 Å². The van der Waals surface area contributed by atoms with Gasteiger partial charge in [-0.25, -0.2) is 5.01 Å². The lowest BCUT2D eigenvalue weighted by atomic mass is 10.0. The van der Waals surface area contributed by atoms with E-state index in [9.17, 15) is 4.79 Å². The molecule has 0 aromatic rings. The van der Waals surface area contributed by atoms with E-state index in [0.717, 1.165) is 12.1 Å². The van der Waals surface area contributed by atoms with E-state index in [1.165, 1.54) is 0 Å². The van der Waals surface area contributed by atoms with Crippen molar-refractivity contribution in [3.8, 4) is 0 Å². The van der Waals surface area contributed by atoms with Crippen molar-refractivity contribution in [2.75, 3.05) is 6.54 Å². The van der Waals surface area contributed by atoms with Crippen LogP contribution in [0.2, 0.25) is 0 Å². The van der Waals surface area contributed by atoms with Crippen molar-refractivity contribution in [2.24, 2.45) is 5.92 Å². The highest BCUT2D eigenvalue weighted by Gasteiger charge is 2.27. The van der Waals surface area contributed by atoms with Gasteiger partial charge in [0.2, 0.25) is 0 Å². The number of hydrazine groups is 1. The first-order valence-corrected chi connectivity index (χ1v) is 4.85. The summed E-state index contributed by atoms with van der Waals surface area (Å²) in [6.45, 7) is 4.87. The lowest BCUT2D eigenvalue weighted by Crippen LogP contribution is -2.45. The van der Waals surface area contributed by atoms with Gasteiger partial charge in [0.05, 0.1) is 6.54 Å². The van der Waals surface area contributed by atoms with Crippen molar-refractivity contribution < 1.29 is 4.79 Å². The van der Waals surface area contributed by atoms with Gasteiger partial charge in [-0.2, -0.15) is 0 Å². The third kappa shape index (κ3) is 1.35. The summed E-state index contributed by atoms with van der Waals surface area (Å²) in [5.74, 6) is 0.385. The SMILES string of the molecule is CC(C)C1=CCN2C=CC=CN2C1=O. The van der Waals surface area contributed by atoms with Gasteiger partial charge in [-0.05, 0) is 18.1 Å². The van der Waals surface area contributed by atoms with Gasteiger partial charge in [-0.3, -0.25) is 9.80 Å². The highest BCUT2D eigenvalue weighted by Crippen LogP contribution is 2.21. The number of amides is 1. The Kier molecular flexibility index (Phi) is 2.15. The minimum atomic E-state index is 0.0897. The van der Waals surface area contributed by atoms with Crippen molar-refractivity contribution >= 4 is 5.91 Å². The molecular formula is C11H14N2O. The average Bonchev–Trinajstić information content (AvgIpc) is 2.18. The Labute approximate surface area is 84.0 Å². The van der Waals surface area contributed by atoms with E-state index in [0.29, 0.717) is 5.92 Å². The molecule has 0 aliphatic carbocycles. The fourth-order valence-corrected chi connectivity index (χ4v) is 1.66. The monoisotopic (exact) mass is 190 g/mol. The molecule has 0 saturated carbocycles. The highest BCUT2D eigenvalue weighted by molar-refractivity contribution is 5.95. The van der Waals surface area contributed by atoms with Crippen LogP contribution in [0.4, 0.5) is 0 Å². The minimum absolute atomic E-state index is 0.0897. The molecule has 2 rings (SSSR count). The quantitative estimate of drug-likeness (QED) is 0.628. The average molecular weight is 190 g/mol. The lowest BCUT2D eigenvalue weighted by Gasteiger charge is -2.37. The Bertz CT molecular complexity index is 339. The summed E-state index contributed by atoms with van der Waals surface area (Å²) in [7, 11) is 0. The van der Waals surface area contributed by atoms with Crippen LogP contribution < -0.4 is 0 Å². The van der Waals surface area contributed by atoms with Crippen molar-refractivity contribution in [2.45, 2.75) is 13.8 Å². The predicted molar refractivity (Wildman–Crippen MR) is 54.8 cm³/mol. The first-order valence-electron chi connectivity index (χ1n) is 4.85. The zero-order valence-electron chi connectivity index (χ0n) is 8.47. The largest absolute Gasteiger partial charge is 0.282 e. The molecule has 0 aromatic heterocycles. The minimum Gasteiger partial charge on any atom is -0.282 e. The number of carbonyl (C=O) groups excluding carboxylic acids is 1. The van der Waals surface area contributed by atoms with Crippen LogP contribution in [0.15, 0.2) is 36.2 Å². The van der Waals surface area contributed by atoms with E-state index in [1.807, 2.05) is 43.3 Å². The smallest absolute Gasteiger partial charge is 0.272 e. The Morgan fingerprint density at radius 3 is 2.71 bits per heavy atom. The van der Waals surface area contributed by atoms with Gasteiger partial charge in [0, 0.05) is 18.0 Å². The van der Waals surface area contributed by atoms with E-state index in [1.54, 1.807) is 11.2 Å². The summed E-state index contributed by atoms with van der Waals surface area (Å²) in [6, 6.07) is 0. The number of allylic oxidation sites excluding steroid dienone is 2. The number of carbonyl (C=O) groups is 1. The molecule has 2 aliphatic rings. The van der Waals surface area contributed by atoms with Crippen LogP contribution in [0.1, 0.15) is 13.8 Å². The van der Waals surface area contributed by atoms with Gasteiger partial charge < -0.3 is 0 Å². The molecule has 0 spiro atoms. The van der Waals surface area contributed by atoms with Crippen molar-refractivity contribution in [1.82, 2.24) is 10.0 Å². The van der Waals surface area contributed by atoms with E-state index in [-0.39, 0.29) is 5.91 Å². The molecule has 0 bridgehead atoms. The first-order chi connectivity index (χ1) is 6.70. The molecule has 3 heteroatoms. The lowest BCUT2D eigenvalue weighted by molar-refractivity contribution is -0.136. The van der Waals surface area contributed by atoms with Crippen molar-refractivity contribution in [3.05, 3.63) is 36.2 Å². The van der Waals surface area contributed by atoms with Gasteiger partial charge in [-0.1, -0.05) is 19.9 Å². The molecule has 14 heavy (non-hydrogen) atoms. The van der Waals surface area contributed by atoms with Gasteiger partial charge in [-0.15, -0.1) is 0 Å². The Hall–Kier alpha value is -1.51. The van der Waals surface area contributed by atoms with Crippen molar-refractivity contribution in [1.29, 1.82) is 0 Å². The molecule has 0 N–H and O–H groups in total. The third-order valence-corrected chi connectivity index (χ3v) is 2.45. The molecule has 0 atom stereocenters. The second-order valence-corrected chi connectivity index (χ2v) is 3.77. The van der Waals surface area contributed by atoms with Crippen LogP contribution in [0, 0.1) is 5.92 Å². The van der Waals surface area contributed by atoms with Gasteiger partial charge in [0.25, 0.3) is 5.91 Å². The second-order valence-electron chi connectivity index (χ2n) is 3.77. The standard InChI is InChI=1S/C11H14N2O/c1-9(2)10-5-8-12-6-3-4-7-13(12)11(10)14/h3-7,9H,8H2,1-2H3. The molecule has 0 unspecified atom stereocenters. The topological polar surface area (TPSA) is 23.6 Å². The summed E-state index contributed by atoms with van der Waals surface area (Å²) in [5, 5.41) is 3.56. The summed E-state index contributed by atoms with van der Waals surface area (Å²) < 4.78 is 0. The normalized spacial score (nSPS) is 20.2. The molecule has 2 aliphatic heterocycles. The molecule has 0 radical (unpaired) electrons. The van der Waals surface area contributed by atoms with Gasteiger partial charge >= 0.3 is 0 Å². The molecule has 0 fully saturated rings. The Balaban J connectivity index is 2.28. The third-order valence-electron chi connectivity index (χ3n) is 2.45. The molecule has 74 valence electrons.